The number of halogens is 1. The average Bonchev–Trinajstić information content (AvgIpc) is 1.87. The zero-order valence-corrected chi connectivity index (χ0v) is 9.10. The van der Waals surface area contributed by atoms with E-state index in [1.807, 2.05) is 6.08 Å². The molecule has 0 saturated heterocycles. The Bertz CT molecular complexity index is 143. The molecule has 0 atom stereocenters. The summed E-state index contributed by atoms with van der Waals surface area (Å²) in [4.78, 5) is 0. The molecule has 0 radical (unpaired) electrons. The third kappa shape index (κ3) is 4.09. The molecule has 0 aliphatic heterocycles. The molecule has 0 N–H and O–H groups in total. The van der Waals surface area contributed by atoms with Crippen molar-refractivity contribution in [2.24, 2.45) is 5.41 Å². The van der Waals surface area contributed by atoms with E-state index in [4.69, 9.17) is 0 Å². The largest absolute Gasteiger partial charge is 0.0980 e. The molecule has 0 aromatic carbocycles. The first-order chi connectivity index (χ1) is 4.52. The Morgan fingerprint density at radius 1 is 1.60 bits per heavy atom. The quantitative estimate of drug-likeness (QED) is 0.526. The zero-order chi connectivity index (χ0) is 8.20. The summed E-state index contributed by atoms with van der Waals surface area (Å²) >= 11 is 2.30. The van der Waals surface area contributed by atoms with Gasteiger partial charge in [0.2, 0.25) is 0 Å². The van der Waals surface area contributed by atoms with Gasteiger partial charge >= 0.3 is 0 Å². The van der Waals surface area contributed by atoms with E-state index in [2.05, 4.69) is 56.0 Å². The summed E-state index contributed by atoms with van der Waals surface area (Å²) in [5.74, 6) is 0. The average molecular weight is 250 g/mol. The van der Waals surface area contributed by atoms with Crippen LogP contribution < -0.4 is 0 Å². The molecule has 0 nitrogen and oxygen atoms in total. The van der Waals surface area contributed by atoms with E-state index >= 15 is 0 Å². The molecule has 1 heteroatoms. The van der Waals surface area contributed by atoms with Crippen LogP contribution in [-0.4, -0.2) is 0 Å². The lowest BCUT2D eigenvalue weighted by atomic mass is 9.90. The summed E-state index contributed by atoms with van der Waals surface area (Å²) in [6, 6.07) is 0. The first-order valence-corrected chi connectivity index (χ1v) is 4.60. The third-order valence-corrected chi connectivity index (χ3v) is 2.39. The molecule has 0 rings (SSSR count). The second-order valence-corrected chi connectivity index (χ2v) is 4.32. The number of hydrogen-bond donors (Lipinski definition) is 0. The van der Waals surface area contributed by atoms with Crippen molar-refractivity contribution < 1.29 is 0 Å². The predicted molar refractivity (Wildman–Crippen MR) is 56.4 cm³/mol. The van der Waals surface area contributed by atoms with Gasteiger partial charge in [-0.1, -0.05) is 39.5 Å². The van der Waals surface area contributed by atoms with Gasteiger partial charge in [-0.15, -0.1) is 0 Å². The summed E-state index contributed by atoms with van der Waals surface area (Å²) in [7, 11) is 0. The van der Waals surface area contributed by atoms with Gasteiger partial charge in [-0.05, 0) is 34.4 Å². The summed E-state index contributed by atoms with van der Waals surface area (Å²) in [5, 5.41) is 0. The van der Waals surface area contributed by atoms with Gasteiger partial charge in [0, 0.05) is 3.58 Å². The summed E-state index contributed by atoms with van der Waals surface area (Å²) in [5.41, 5.74) is 0.324. The van der Waals surface area contributed by atoms with E-state index < -0.39 is 0 Å². The van der Waals surface area contributed by atoms with Crippen molar-refractivity contribution in [1.29, 1.82) is 0 Å². The molecule has 0 aliphatic rings. The van der Waals surface area contributed by atoms with Gasteiger partial charge in [-0.2, -0.15) is 0 Å². The van der Waals surface area contributed by atoms with Gasteiger partial charge in [-0.25, -0.2) is 0 Å². The summed E-state index contributed by atoms with van der Waals surface area (Å²) in [6.45, 7) is 10.4. The van der Waals surface area contributed by atoms with Crippen LogP contribution in [0.25, 0.3) is 0 Å². The van der Waals surface area contributed by atoms with Crippen molar-refractivity contribution in [1.82, 2.24) is 0 Å². The Hall–Kier alpha value is 0.210. The molecule has 0 aliphatic carbocycles. The molecule has 0 spiro atoms. The van der Waals surface area contributed by atoms with Crippen LogP contribution in [0.5, 0.6) is 0 Å². The minimum Gasteiger partial charge on any atom is -0.0980 e. The highest BCUT2D eigenvalue weighted by Gasteiger charge is 2.10. The van der Waals surface area contributed by atoms with Crippen LogP contribution in [-0.2, 0) is 0 Å². The van der Waals surface area contributed by atoms with E-state index in [1.54, 1.807) is 0 Å². The molecule has 0 fully saturated rings. The second kappa shape index (κ2) is 4.16. The van der Waals surface area contributed by atoms with E-state index in [0.29, 0.717) is 5.41 Å². The maximum absolute atomic E-state index is 3.70. The van der Waals surface area contributed by atoms with Gasteiger partial charge in [0.25, 0.3) is 0 Å². The Labute approximate surface area is 77.5 Å². The highest BCUT2D eigenvalue weighted by molar-refractivity contribution is 14.1. The normalized spacial score (nSPS) is 13.4. The van der Waals surface area contributed by atoms with Crippen molar-refractivity contribution in [3.05, 3.63) is 22.3 Å². The van der Waals surface area contributed by atoms with Crippen molar-refractivity contribution in [2.75, 3.05) is 0 Å². The van der Waals surface area contributed by atoms with Gasteiger partial charge in [0.15, 0.2) is 0 Å². The third-order valence-electron chi connectivity index (χ3n) is 1.63. The molecule has 0 aromatic rings. The molecule has 58 valence electrons. The molecule has 0 aromatic heterocycles. The van der Waals surface area contributed by atoms with Gasteiger partial charge < -0.3 is 0 Å². The number of rotatable bonds is 3. The first-order valence-electron chi connectivity index (χ1n) is 3.52. The molecule has 0 heterocycles. The van der Waals surface area contributed by atoms with Crippen LogP contribution in [0.15, 0.2) is 22.3 Å². The fourth-order valence-corrected chi connectivity index (χ4v) is 1.38. The van der Waals surface area contributed by atoms with Crippen LogP contribution in [0, 0.1) is 5.41 Å². The Balaban J connectivity index is 4.22. The van der Waals surface area contributed by atoms with E-state index in [1.165, 1.54) is 10.0 Å². The van der Waals surface area contributed by atoms with Crippen LogP contribution in [0.4, 0.5) is 0 Å². The van der Waals surface area contributed by atoms with Crippen LogP contribution in [0.2, 0.25) is 0 Å². The lowest BCUT2D eigenvalue weighted by Crippen LogP contribution is -2.04. The summed E-state index contributed by atoms with van der Waals surface area (Å²) < 4.78 is 1.24. The first kappa shape index (κ1) is 10.2. The molecular weight excluding hydrogens is 235 g/mol. The van der Waals surface area contributed by atoms with Crippen LogP contribution >= 0.6 is 22.6 Å². The minimum atomic E-state index is 0.324. The topological polar surface area (TPSA) is 0 Å². The molecule has 0 amide bonds. The smallest absolute Gasteiger partial charge is 0.00894 e. The Kier molecular flexibility index (Phi) is 4.25. The Morgan fingerprint density at radius 3 is 2.40 bits per heavy atom. The van der Waals surface area contributed by atoms with Gasteiger partial charge in [0.05, 0.1) is 0 Å². The second-order valence-electron chi connectivity index (χ2n) is 3.08. The maximum atomic E-state index is 3.70. The molecule has 0 saturated carbocycles. The molecule has 10 heavy (non-hydrogen) atoms. The van der Waals surface area contributed by atoms with Crippen molar-refractivity contribution in [2.45, 2.75) is 27.2 Å². The van der Waals surface area contributed by atoms with Crippen LogP contribution in [0.1, 0.15) is 27.2 Å². The van der Waals surface area contributed by atoms with Crippen molar-refractivity contribution in [3.8, 4) is 0 Å². The SMILES string of the molecule is C=CC(I)=CC(C)(C)CC. The van der Waals surface area contributed by atoms with E-state index in [0.717, 1.165) is 0 Å². The number of allylic oxidation sites excluding steroid dienone is 3. The van der Waals surface area contributed by atoms with E-state index in [-0.39, 0.29) is 0 Å². The zero-order valence-electron chi connectivity index (χ0n) is 6.95. The summed E-state index contributed by atoms with van der Waals surface area (Å²) in [6.07, 6.45) is 5.31. The highest BCUT2D eigenvalue weighted by atomic mass is 127. The standard InChI is InChI=1S/C9H15I/c1-5-8(10)7-9(3,4)6-2/h5,7H,1,6H2,2-4H3. The lowest BCUT2D eigenvalue weighted by molar-refractivity contribution is 0.462. The molecule has 0 unspecified atom stereocenters. The van der Waals surface area contributed by atoms with E-state index in [9.17, 15) is 0 Å². The van der Waals surface area contributed by atoms with Gasteiger partial charge in [0.1, 0.15) is 0 Å². The Morgan fingerprint density at radius 2 is 2.10 bits per heavy atom. The molecular formula is C9H15I. The maximum Gasteiger partial charge on any atom is 0.00894 e. The molecule has 0 bridgehead atoms. The fourth-order valence-electron chi connectivity index (χ4n) is 0.534. The minimum absolute atomic E-state index is 0.324. The van der Waals surface area contributed by atoms with Gasteiger partial charge in [-0.3, -0.25) is 0 Å². The van der Waals surface area contributed by atoms with Crippen molar-refractivity contribution >= 4 is 22.6 Å². The predicted octanol–water partition coefficient (Wildman–Crippen LogP) is 3.93. The monoisotopic (exact) mass is 250 g/mol. The fraction of sp³-hybridized carbons (Fsp3) is 0.556. The highest BCUT2D eigenvalue weighted by Crippen LogP contribution is 2.25. The lowest BCUT2D eigenvalue weighted by Gasteiger charge is -2.17. The van der Waals surface area contributed by atoms with Crippen molar-refractivity contribution in [3.63, 3.8) is 0 Å². The van der Waals surface area contributed by atoms with Crippen LogP contribution in [0.3, 0.4) is 0 Å². The number of hydrogen-bond acceptors (Lipinski definition) is 0.